The van der Waals surface area contributed by atoms with Gasteiger partial charge in [-0.1, -0.05) is 70.9 Å². The third kappa shape index (κ3) is 2.64. The number of fused-ring (bicyclic) bond motifs is 1. The fourth-order valence-corrected chi connectivity index (χ4v) is 4.26. The minimum absolute atomic E-state index is 0.0831. The third-order valence-electron chi connectivity index (χ3n) is 5.73. The number of ether oxygens (including phenoxy) is 1. The minimum Gasteiger partial charge on any atom is -0.362 e. The Kier molecular flexibility index (Phi) is 3.84. The smallest absolute Gasteiger partial charge is 0.143 e. The van der Waals surface area contributed by atoms with E-state index in [-0.39, 0.29) is 6.04 Å². The fraction of sp³-hybridized carbons (Fsp3) is 0.250. The van der Waals surface area contributed by atoms with Crippen molar-refractivity contribution in [3.05, 3.63) is 94.5 Å². The van der Waals surface area contributed by atoms with Gasteiger partial charge in [0.05, 0.1) is 12.1 Å². The Morgan fingerprint density at radius 1 is 0.929 bits per heavy atom. The molecular formula is C24H23N3O. The Balaban J connectivity index is 1.77. The fourth-order valence-electron chi connectivity index (χ4n) is 4.26. The molecule has 2 atom stereocenters. The number of benzene rings is 3. The van der Waals surface area contributed by atoms with Crippen LogP contribution in [0.2, 0.25) is 0 Å². The first-order valence-corrected chi connectivity index (χ1v) is 9.67. The normalized spacial score (nSPS) is 19.7. The Morgan fingerprint density at radius 3 is 2.50 bits per heavy atom. The summed E-state index contributed by atoms with van der Waals surface area (Å²) in [6.45, 7) is 7.08. The molecule has 140 valence electrons. The maximum atomic E-state index is 6.26. The Morgan fingerprint density at radius 2 is 1.71 bits per heavy atom. The molecule has 1 fully saturated rings. The second-order valence-electron chi connectivity index (χ2n) is 7.84. The Hall–Kier alpha value is -2.98. The predicted octanol–water partition coefficient (Wildman–Crippen LogP) is 4.87. The molecule has 28 heavy (non-hydrogen) atoms. The van der Waals surface area contributed by atoms with Gasteiger partial charge < -0.3 is 4.74 Å². The first-order valence-electron chi connectivity index (χ1n) is 9.67. The number of epoxide rings is 1. The molecular weight excluding hydrogens is 346 g/mol. The van der Waals surface area contributed by atoms with Crippen LogP contribution in [0.25, 0.3) is 11.0 Å². The summed E-state index contributed by atoms with van der Waals surface area (Å²) in [5.74, 6) is 0. The Labute approximate surface area is 164 Å². The van der Waals surface area contributed by atoms with Gasteiger partial charge in [-0.25, -0.2) is 4.68 Å². The van der Waals surface area contributed by atoms with Crippen LogP contribution in [0.15, 0.2) is 66.7 Å². The van der Waals surface area contributed by atoms with Gasteiger partial charge in [-0.05, 0) is 49.6 Å². The summed E-state index contributed by atoms with van der Waals surface area (Å²) >= 11 is 0. The molecule has 0 spiro atoms. The van der Waals surface area contributed by atoms with Crippen LogP contribution in [-0.2, 0) is 10.3 Å². The van der Waals surface area contributed by atoms with Gasteiger partial charge in [0, 0.05) is 0 Å². The summed E-state index contributed by atoms with van der Waals surface area (Å²) in [4.78, 5) is 0. The third-order valence-corrected chi connectivity index (χ3v) is 5.73. The standard InChI is InChI=1S/C24H23N3O/c1-16-7-6-8-19(13-16)23(27-22-10-5-4-9-21(22)25-26-27)24(15-28-24)20-14-17(2)11-12-18(20)3/h4-14,23H,15H2,1-3H3/t23-,24-/m0/s1. The molecule has 3 aromatic carbocycles. The SMILES string of the molecule is Cc1cccc([C@H](n2nnc3ccccc32)[C@@]2(c3cc(C)ccc3C)CO2)c1. The van der Waals surface area contributed by atoms with Crippen molar-refractivity contribution in [2.45, 2.75) is 32.4 Å². The molecule has 1 aliphatic rings. The highest BCUT2D eigenvalue weighted by atomic mass is 16.6. The summed E-state index contributed by atoms with van der Waals surface area (Å²) in [7, 11) is 0. The van der Waals surface area contributed by atoms with E-state index < -0.39 is 5.60 Å². The van der Waals surface area contributed by atoms with Crippen LogP contribution >= 0.6 is 0 Å². The van der Waals surface area contributed by atoms with Gasteiger partial charge in [-0.2, -0.15) is 0 Å². The molecule has 1 aromatic heterocycles. The van der Waals surface area contributed by atoms with Crippen molar-refractivity contribution in [3.8, 4) is 0 Å². The first kappa shape index (κ1) is 17.1. The minimum atomic E-state index is -0.430. The van der Waals surface area contributed by atoms with Gasteiger partial charge in [-0.15, -0.1) is 5.10 Å². The van der Waals surface area contributed by atoms with Gasteiger partial charge in [0.1, 0.15) is 17.2 Å². The van der Waals surface area contributed by atoms with E-state index in [1.54, 1.807) is 0 Å². The molecule has 0 amide bonds. The average Bonchev–Trinajstić information content (AvgIpc) is 3.38. The maximum Gasteiger partial charge on any atom is 0.143 e. The van der Waals surface area contributed by atoms with Crippen LogP contribution in [0.3, 0.4) is 0 Å². The number of hydrogen-bond acceptors (Lipinski definition) is 3. The molecule has 5 rings (SSSR count). The van der Waals surface area contributed by atoms with Gasteiger partial charge in [0.15, 0.2) is 0 Å². The Bertz CT molecular complexity index is 1170. The number of rotatable bonds is 4. The second kappa shape index (κ2) is 6.28. The monoisotopic (exact) mass is 369 g/mol. The molecule has 4 aromatic rings. The van der Waals surface area contributed by atoms with Crippen molar-refractivity contribution in [1.82, 2.24) is 15.0 Å². The quantitative estimate of drug-likeness (QED) is 0.482. The molecule has 0 bridgehead atoms. The highest BCUT2D eigenvalue weighted by Crippen LogP contribution is 2.52. The second-order valence-corrected chi connectivity index (χ2v) is 7.84. The number of para-hydroxylation sites is 1. The molecule has 4 nitrogen and oxygen atoms in total. The van der Waals surface area contributed by atoms with E-state index in [4.69, 9.17) is 4.74 Å². The van der Waals surface area contributed by atoms with Crippen molar-refractivity contribution in [2.75, 3.05) is 6.61 Å². The van der Waals surface area contributed by atoms with E-state index in [1.165, 1.54) is 27.8 Å². The molecule has 0 radical (unpaired) electrons. The lowest BCUT2D eigenvalue weighted by atomic mass is 9.84. The summed E-state index contributed by atoms with van der Waals surface area (Å²) < 4.78 is 8.30. The zero-order chi connectivity index (χ0) is 19.3. The number of aromatic nitrogens is 3. The van der Waals surface area contributed by atoms with Crippen LogP contribution in [-0.4, -0.2) is 21.6 Å². The first-order chi connectivity index (χ1) is 13.6. The molecule has 0 saturated carbocycles. The summed E-state index contributed by atoms with van der Waals surface area (Å²) in [6.07, 6.45) is 0. The molecule has 1 aliphatic heterocycles. The zero-order valence-electron chi connectivity index (χ0n) is 16.4. The van der Waals surface area contributed by atoms with E-state index in [1.807, 2.05) is 22.9 Å². The van der Waals surface area contributed by atoms with Crippen LogP contribution in [0.1, 0.15) is 33.9 Å². The van der Waals surface area contributed by atoms with Gasteiger partial charge in [0.25, 0.3) is 0 Å². The van der Waals surface area contributed by atoms with Gasteiger partial charge in [0.2, 0.25) is 0 Å². The van der Waals surface area contributed by atoms with Gasteiger partial charge in [-0.3, -0.25) is 0 Å². The van der Waals surface area contributed by atoms with E-state index in [0.717, 1.165) is 11.0 Å². The van der Waals surface area contributed by atoms with Crippen LogP contribution < -0.4 is 0 Å². The highest BCUT2D eigenvalue weighted by molar-refractivity contribution is 5.74. The van der Waals surface area contributed by atoms with Crippen molar-refractivity contribution in [2.24, 2.45) is 0 Å². The van der Waals surface area contributed by atoms with Crippen LogP contribution in [0.4, 0.5) is 0 Å². The summed E-state index contributed by atoms with van der Waals surface area (Å²) in [6, 6.07) is 23.3. The topological polar surface area (TPSA) is 43.2 Å². The molecule has 0 unspecified atom stereocenters. The largest absolute Gasteiger partial charge is 0.362 e. The van der Waals surface area contributed by atoms with Crippen molar-refractivity contribution >= 4 is 11.0 Å². The number of nitrogens with zero attached hydrogens (tertiary/aromatic N) is 3. The molecule has 0 aliphatic carbocycles. The van der Waals surface area contributed by atoms with Crippen LogP contribution in [0, 0.1) is 20.8 Å². The lowest BCUT2D eigenvalue weighted by Gasteiger charge is -2.27. The van der Waals surface area contributed by atoms with E-state index in [2.05, 4.69) is 79.6 Å². The zero-order valence-corrected chi connectivity index (χ0v) is 16.4. The lowest BCUT2D eigenvalue weighted by Crippen LogP contribution is -2.29. The predicted molar refractivity (Wildman–Crippen MR) is 110 cm³/mol. The van der Waals surface area contributed by atoms with E-state index in [9.17, 15) is 0 Å². The molecule has 1 saturated heterocycles. The molecule has 4 heteroatoms. The van der Waals surface area contributed by atoms with Crippen LogP contribution in [0.5, 0.6) is 0 Å². The van der Waals surface area contributed by atoms with E-state index >= 15 is 0 Å². The molecule has 0 N–H and O–H groups in total. The molecule has 2 heterocycles. The number of aryl methyl sites for hydroxylation is 3. The average molecular weight is 369 g/mol. The summed E-state index contributed by atoms with van der Waals surface area (Å²) in [5, 5.41) is 8.99. The summed E-state index contributed by atoms with van der Waals surface area (Å²) in [5.41, 5.74) is 7.62. The van der Waals surface area contributed by atoms with E-state index in [0.29, 0.717) is 6.61 Å². The number of hydrogen-bond donors (Lipinski definition) is 0. The van der Waals surface area contributed by atoms with Crippen molar-refractivity contribution in [3.63, 3.8) is 0 Å². The van der Waals surface area contributed by atoms with Crippen molar-refractivity contribution < 1.29 is 4.74 Å². The lowest BCUT2D eigenvalue weighted by molar-refractivity contribution is 0.234. The van der Waals surface area contributed by atoms with Gasteiger partial charge >= 0.3 is 0 Å². The maximum absolute atomic E-state index is 6.26. The van der Waals surface area contributed by atoms with Crippen molar-refractivity contribution in [1.29, 1.82) is 0 Å². The highest BCUT2D eigenvalue weighted by Gasteiger charge is 2.56.